The van der Waals surface area contributed by atoms with Gasteiger partial charge >= 0.3 is 6.18 Å². The van der Waals surface area contributed by atoms with Crippen LogP contribution in [0.2, 0.25) is 0 Å². The molecule has 0 aromatic heterocycles. The van der Waals surface area contributed by atoms with Crippen LogP contribution in [0.25, 0.3) is 5.57 Å². The molecule has 3 N–H and O–H groups in total. The van der Waals surface area contributed by atoms with Gasteiger partial charge in [0.2, 0.25) is 11.8 Å². The van der Waals surface area contributed by atoms with Gasteiger partial charge in [-0.25, -0.2) is 0 Å². The van der Waals surface area contributed by atoms with Crippen LogP contribution >= 0.6 is 0 Å². The second-order valence-corrected chi connectivity index (χ2v) is 5.84. The number of carbonyl (C=O) groups excluding carboxylic acids is 2. The summed E-state index contributed by atoms with van der Waals surface area (Å²) in [6.45, 7) is 4.53. The summed E-state index contributed by atoms with van der Waals surface area (Å²) in [6.07, 6.45) is -3.43. The Labute approximate surface area is 132 Å². The Balaban J connectivity index is 2.94. The number of benzene rings is 1. The van der Waals surface area contributed by atoms with Crippen LogP contribution in [0.15, 0.2) is 30.3 Å². The summed E-state index contributed by atoms with van der Waals surface area (Å²) in [5.74, 6) is -1.17. The van der Waals surface area contributed by atoms with Crippen LogP contribution in [-0.2, 0) is 15.8 Å². The molecule has 0 radical (unpaired) electrons. The summed E-state index contributed by atoms with van der Waals surface area (Å²) in [7, 11) is 0. The normalized spacial score (nSPS) is 12.9. The molecule has 1 rings (SSSR count). The van der Waals surface area contributed by atoms with Crippen LogP contribution in [0, 0.1) is 5.41 Å². The van der Waals surface area contributed by atoms with E-state index in [0.717, 1.165) is 12.1 Å². The minimum atomic E-state index is -4.50. The molecule has 0 fully saturated rings. The number of amides is 2. The molecule has 0 aliphatic heterocycles. The molecule has 0 heterocycles. The Morgan fingerprint density at radius 1 is 1.22 bits per heavy atom. The average Bonchev–Trinajstić information content (AvgIpc) is 2.44. The van der Waals surface area contributed by atoms with Crippen molar-refractivity contribution in [3.05, 3.63) is 41.5 Å². The SMILES string of the molecule is C/C(=C/C(=O)NCC(C)(C)C(N)=O)c1ccccc1C(F)(F)F. The molecule has 7 heteroatoms. The van der Waals surface area contributed by atoms with E-state index in [1.807, 2.05) is 0 Å². The topological polar surface area (TPSA) is 72.2 Å². The lowest BCUT2D eigenvalue weighted by Gasteiger charge is -2.20. The van der Waals surface area contributed by atoms with E-state index in [4.69, 9.17) is 5.73 Å². The predicted molar refractivity (Wildman–Crippen MR) is 81.1 cm³/mol. The highest BCUT2D eigenvalue weighted by Gasteiger charge is 2.33. The van der Waals surface area contributed by atoms with Gasteiger partial charge in [0, 0.05) is 12.6 Å². The fourth-order valence-electron chi connectivity index (χ4n) is 1.79. The molecule has 1 aromatic rings. The van der Waals surface area contributed by atoms with Gasteiger partial charge in [-0.3, -0.25) is 9.59 Å². The lowest BCUT2D eigenvalue weighted by Crippen LogP contribution is -2.42. The van der Waals surface area contributed by atoms with Crippen LogP contribution in [0.4, 0.5) is 13.2 Å². The van der Waals surface area contributed by atoms with Gasteiger partial charge in [0.1, 0.15) is 0 Å². The number of hydrogen-bond acceptors (Lipinski definition) is 2. The van der Waals surface area contributed by atoms with Crippen molar-refractivity contribution in [2.45, 2.75) is 26.9 Å². The third-order valence-corrected chi connectivity index (χ3v) is 3.38. The fourth-order valence-corrected chi connectivity index (χ4v) is 1.79. The molecule has 23 heavy (non-hydrogen) atoms. The van der Waals surface area contributed by atoms with Crippen LogP contribution in [0.3, 0.4) is 0 Å². The third kappa shape index (κ3) is 5.12. The van der Waals surface area contributed by atoms with E-state index in [0.29, 0.717) is 0 Å². The van der Waals surface area contributed by atoms with E-state index in [-0.39, 0.29) is 17.7 Å². The van der Waals surface area contributed by atoms with Crippen LogP contribution < -0.4 is 11.1 Å². The van der Waals surface area contributed by atoms with Crippen molar-refractivity contribution >= 4 is 17.4 Å². The van der Waals surface area contributed by atoms with Crippen molar-refractivity contribution in [3.8, 4) is 0 Å². The van der Waals surface area contributed by atoms with Gasteiger partial charge < -0.3 is 11.1 Å². The molecular weight excluding hydrogens is 309 g/mol. The highest BCUT2D eigenvalue weighted by atomic mass is 19.4. The number of primary amides is 1. The standard InChI is InChI=1S/C16H19F3N2O2/c1-10(8-13(22)21-9-15(2,3)14(20)23)11-6-4-5-7-12(11)16(17,18)19/h4-8H,9H2,1-3H3,(H2,20,23)(H,21,22)/b10-8-. The number of nitrogens with two attached hydrogens (primary N) is 1. The molecule has 0 saturated heterocycles. The van der Waals surface area contributed by atoms with Crippen molar-refractivity contribution in [2.24, 2.45) is 11.1 Å². The van der Waals surface area contributed by atoms with Gasteiger partial charge in [-0.15, -0.1) is 0 Å². The first-order valence-corrected chi connectivity index (χ1v) is 6.88. The van der Waals surface area contributed by atoms with E-state index < -0.39 is 29.0 Å². The zero-order valence-corrected chi connectivity index (χ0v) is 13.1. The second kappa shape index (κ2) is 6.85. The maximum Gasteiger partial charge on any atom is 0.416 e. The number of alkyl halides is 3. The molecule has 0 spiro atoms. The largest absolute Gasteiger partial charge is 0.416 e. The molecule has 0 atom stereocenters. The molecule has 1 aromatic carbocycles. The zero-order chi connectivity index (χ0) is 17.8. The monoisotopic (exact) mass is 328 g/mol. The van der Waals surface area contributed by atoms with Gasteiger partial charge in [-0.2, -0.15) is 13.2 Å². The maximum atomic E-state index is 13.0. The maximum absolute atomic E-state index is 13.0. The van der Waals surface area contributed by atoms with E-state index in [2.05, 4.69) is 5.32 Å². The van der Waals surface area contributed by atoms with E-state index >= 15 is 0 Å². The molecule has 126 valence electrons. The average molecular weight is 328 g/mol. The summed E-state index contributed by atoms with van der Waals surface area (Å²) in [5, 5.41) is 2.47. The lowest BCUT2D eigenvalue weighted by atomic mass is 9.93. The Kier molecular flexibility index (Phi) is 5.58. The number of nitrogens with one attached hydrogen (secondary N) is 1. The molecule has 0 saturated carbocycles. The van der Waals surface area contributed by atoms with E-state index in [1.54, 1.807) is 13.8 Å². The molecule has 0 aliphatic rings. The predicted octanol–water partition coefficient (Wildman–Crippen LogP) is 2.74. The smallest absolute Gasteiger partial charge is 0.369 e. The second-order valence-electron chi connectivity index (χ2n) is 5.84. The molecule has 0 unspecified atom stereocenters. The highest BCUT2D eigenvalue weighted by molar-refractivity contribution is 5.95. The number of allylic oxidation sites excluding steroid dienone is 1. The zero-order valence-electron chi connectivity index (χ0n) is 13.1. The highest BCUT2D eigenvalue weighted by Crippen LogP contribution is 2.34. The Morgan fingerprint density at radius 2 is 1.78 bits per heavy atom. The lowest BCUT2D eigenvalue weighted by molar-refractivity contribution is -0.137. The quantitative estimate of drug-likeness (QED) is 0.816. The molecule has 0 aliphatic carbocycles. The van der Waals surface area contributed by atoms with E-state index in [1.165, 1.54) is 25.1 Å². The Bertz CT molecular complexity index is 634. The van der Waals surface area contributed by atoms with Gasteiger partial charge in [0.05, 0.1) is 11.0 Å². The third-order valence-electron chi connectivity index (χ3n) is 3.38. The van der Waals surface area contributed by atoms with Gasteiger partial charge in [-0.1, -0.05) is 18.2 Å². The number of halogens is 3. The van der Waals surface area contributed by atoms with Crippen molar-refractivity contribution in [3.63, 3.8) is 0 Å². The molecule has 2 amide bonds. The Morgan fingerprint density at radius 3 is 2.30 bits per heavy atom. The van der Waals surface area contributed by atoms with Crippen molar-refractivity contribution in [1.82, 2.24) is 5.32 Å². The van der Waals surface area contributed by atoms with Crippen molar-refractivity contribution < 1.29 is 22.8 Å². The number of rotatable bonds is 5. The number of hydrogen-bond donors (Lipinski definition) is 2. The minimum Gasteiger partial charge on any atom is -0.369 e. The fraction of sp³-hybridized carbons (Fsp3) is 0.375. The molecule has 0 bridgehead atoms. The van der Waals surface area contributed by atoms with Gasteiger partial charge in [0.25, 0.3) is 0 Å². The first kappa shape index (κ1) is 18.7. The minimum absolute atomic E-state index is 0.00807. The summed E-state index contributed by atoms with van der Waals surface area (Å²) in [6, 6.07) is 5.02. The van der Waals surface area contributed by atoms with Crippen molar-refractivity contribution in [1.29, 1.82) is 0 Å². The van der Waals surface area contributed by atoms with Crippen molar-refractivity contribution in [2.75, 3.05) is 6.54 Å². The summed E-state index contributed by atoms with van der Waals surface area (Å²) in [4.78, 5) is 23.0. The molecular formula is C16H19F3N2O2. The molecule has 4 nitrogen and oxygen atoms in total. The summed E-state index contributed by atoms with van der Waals surface area (Å²) < 4.78 is 38.9. The van der Waals surface area contributed by atoms with Gasteiger partial charge in [-0.05, 0) is 38.0 Å². The Hall–Kier alpha value is -2.31. The van der Waals surface area contributed by atoms with Crippen LogP contribution in [0.1, 0.15) is 31.9 Å². The first-order chi connectivity index (χ1) is 10.4. The summed E-state index contributed by atoms with van der Waals surface area (Å²) in [5.41, 5.74) is 3.54. The van der Waals surface area contributed by atoms with Crippen LogP contribution in [-0.4, -0.2) is 18.4 Å². The number of carbonyl (C=O) groups is 2. The van der Waals surface area contributed by atoms with Crippen LogP contribution in [0.5, 0.6) is 0 Å². The first-order valence-electron chi connectivity index (χ1n) is 6.88. The van der Waals surface area contributed by atoms with E-state index in [9.17, 15) is 22.8 Å². The van der Waals surface area contributed by atoms with Gasteiger partial charge in [0.15, 0.2) is 0 Å². The summed E-state index contributed by atoms with van der Waals surface area (Å²) >= 11 is 0.